The summed E-state index contributed by atoms with van der Waals surface area (Å²) in [6.07, 6.45) is 3.93. The largest absolute Gasteiger partial charge is 0.396 e. The highest BCUT2D eigenvalue weighted by atomic mass is 32.2. The molecule has 0 bridgehead atoms. The van der Waals surface area contributed by atoms with E-state index in [0.717, 1.165) is 47.6 Å². The van der Waals surface area contributed by atoms with Gasteiger partial charge in [-0.2, -0.15) is 11.8 Å². The van der Waals surface area contributed by atoms with Crippen molar-refractivity contribution in [2.45, 2.75) is 19.1 Å². The Balaban J connectivity index is 1.59. The molecule has 3 heterocycles. The van der Waals surface area contributed by atoms with Crippen molar-refractivity contribution in [2.24, 2.45) is 5.92 Å². The number of aromatic amines is 1. The Morgan fingerprint density at radius 2 is 2.26 bits per heavy atom. The highest BCUT2D eigenvalue weighted by Gasteiger charge is 2.31. The summed E-state index contributed by atoms with van der Waals surface area (Å²) in [4.78, 5) is 13.7. The molecule has 0 spiro atoms. The standard InChI is InChI=1S/C15H23N5O2S/c16-15-14-13(18-9-19-15)10(4-17-14)5-20-6-11(12(22)7-20)8-23-3-1-2-21/h4,9,11-12,17,21-22H,1-3,5-8H2,(H2,16,18,19)/t11-,12?/m1/s1. The summed E-state index contributed by atoms with van der Waals surface area (Å²) in [7, 11) is 0. The maximum absolute atomic E-state index is 10.2. The summed E-state index contributed by atoms with van der Waals surface area (Å²) in [6.45, 7) is 2.53. The van der Waals surface area contributed by atoms with Gasteiger partial charge in [0, 0.05) is 43.9 Å². The Labute approximate surface area is 139 Å². The first-order valence-electron chi connectivity index (χ1n) is 7.84. The van der Waals surface area contributed by atoms with E-state index in [1.807, 2.05) is 6.20 Å². The topological polar surface area (TPSA) is 111 Å². The van der Waals surface area contributed by atoms with E-state index < -0.39 is 0 Å². The lowest BCUT2D eigenvalue weighted by Gasteiger charge is -2.14. The summed E-state index contributed by atoms with van der Waals surface area (Å²) in [5, 5.41) is 19.1. The molecule has 7 nitrogen and oxygen atoms in total. The number of fused-ring (bicyclic) bond motifs is 1. The summed E-state index contributed by atoms with van der Waals surface area (Å²) in [5.41, 5.74) is 8.55. The number of hydrogen-bond donors (Lipinski definition) is 4. The van der Waals surface area contributed by atoms with E-state index >= 15 is 0 Å². The molecule has 5 N–H and O–H groups in total. The van der Waals surface area contributed by atoms with Crippen LogP contribution >= 0.6 is 11.8 Å². The van der Waals surface area contributed by atoms with Crippen molar-refractivity contribution in [3.05, 3.63) is 18.1 Å². The monoisotopic (exact) mass is 337 g/mol. The molecule has 2 aromatic heterocycles. The molecule has 0 aromatic carbocycles. The molecule has 1 unspecified atom stereocenters. The van der Waals surface area contributed by atoms with Crippen LogP contribution in [0.4, 0.5) is 5.82 Å². The third kappa shape index (κ3) is 3.77. The van der Waals surface area contributed by atoms with Gasteiger partial charge in [-0.1, -0.05) is 0 Å². The number of thioether (sulfide) groups is 1. The predicted octanol–water partition coefficient (Wildman–Crippen LogP) is 0.448. The lowest BCUT2D eigenvalue weighted by Crippen LogP contribution is -2.21. The van der Waals surface area contributed by atoms with Crippen molar-refractivity contribution in [1.29, 1.82) is 0 Å². The fourth-order valence-electron chi connectivity index (χ4n) is 3.01. The summed E-state index contributed by atoms with van der Waals surface area (Å²) < 4.78 is 0. The third-order valence-electron chi connectivity index (χ3n) is 4.23. The fraction of sp³-hybridized carbons (Fsp3) is 0.600. The van der Waals surface area contributed by atoms with E-state index in [9.17, 15) is 5.11 Å². The fourth-order valence-corrected chi connectivity index (χ4v) is 4.14. The lowest BCUT2D eigenvalue weighted by atomic mass is 10.1. The molecule has 0 amide bonds. The third-order valence-corrected chi connectivity index (χ3v) is 5.47. The minimum atomic E-state index is -0.290. The number of rotatable bonds is 7. The Morgan fingerprint density at radius 1 is 1.39 bits per heavy atom. The number of H-pyrrole nitrogens is 1. The van der Waals surface area contributed by atoms with Gasteiger partial charge in [-0.25, -0.2) is 9.97 Å². The second-order valence-corrected chi connectivity index (χ2v) is 7.12. The predicted molar refractivity (Wildman–Crippen MR) is 92.1 cm³/mol. The second kappa shape index (κ2) is 7.48. The number of aromatic nitrogens is 3. The van der Waals surface area contributed by atoms with E-state index in [0.29, 0.717) is 12.4 Å². The van der Waals surface area contributed by atoms with Gasteiger partial charge in [-0.15, -0.1) is 0 Å². The van der Waals surface area contributed by atoms with Crippen LogP contribution in [0.15, 0.2) is 12.5 Å². The quantitative estimate of drug-likeness (QED) is 0.543. The van der Waals surface area contributed by atoms with Crippen LogP contribution in [-0.2, 0) is 6.54 Å². The SMILES string of the molecule is Nc1ncnc2c(CN3CC(O)[C@@H](CSCCCO)C3)c[nH]c12. The van der Waals surface area contributed by atoms with Gasteiger partial charge in [0.25, 0.3) is 0 Å². The Hall–Kier alpha value is -1.35. The van der Waals surface area contributed by atoms with Gasteiger partial charge < -0.3 is 20.9 Å². The smallest absolute Gasteiger partial charge is 0.151 e. The van der Waals surface area contributed by atoms with Gasteiger partial charge in [0.1, 0.15) is 11.8 Å². The van der Waals surface area contributed by atoms with Crippen molar-refractivity contribution in [2.75, 3.05) is 36.9 Å². The molecule has 0 radical (unpaired) electrons. The molecule has 126 valence electrons. The number of β-amino-alcohol motifs (C(OH)–C–C–N with tert-alkyl or cyclic N) is 1. The minimum Gasteiger partial charge on any atom is -0.396 e. The zero-order valence-corrected chi connectivity index (χ0v) is 13.8. The zero-order valence-electron chi connectivity index (χ0n) is 13.0. The normalized spacial score (nSPS) is 22.2. The summed E-state index contributed by atoms with van der Waals surface area (Å²) >= 11 is 1.80. The van der Waals surface area contributed by atoms with Gasteiger partial charge in [-0.3, -0.25) is 4.90 Å². The van der Waals surface area contributed by atoms with Crippen LogP contribution in [0, 0.1) is 5.92 Å². The molecule has 1 aliphatic heterocycles. The van der Waals surface area contributed by atoms with E-state index in [4.69, 9.17) is 10.8 Å². The first kappa shape index (κ1) is 16.5. The summed E-state index contributed by atoms with van der Waals surface area (Å²) in [5.74, 6) is 2.61. The zero-order chi connectivity index (χ0) is 16.2. The first-order chi connectivity index (χ1) is 11.2. The van der Waals surface area contributed by atoms with Crippen LogP contribution in [0.2, 0.25) is 0 Å². The number of nitrogens with two attached hydrogens (primary N) is 1. The Kier molecular flexibility index (Phi) is 5.37. The van der Waals surface area contributed by atoms with E-state index in [-0.39, 0.29) is 18.6 Å². The number of nitrogen functional groups attached to an aromatic ring is 1. The Morgan fingerprint density at radius 3 is 3.09 bits per heavy atom. The second-order valence-electron chi connectivity index (χ2n) is 5.97. The number of anilines is 1. The first-order valence-corrected chi connectivity index (χ1v) is 9.00. The molecular formula is C15H23N5O2S. The molecule has 23 heavy (non-hydrogen) atoms. The van der Waals surface area contributed by atoms with Crippen LogP contribution in [0.3, 0.4) is 0 Å². The molecule has 3 rings (SSSR count). The molecule has 1 saturated heterocycles. The highest BCUT2D eigenvalue weighted by molar-refractivity contribution is 7.99. The molecular weight excluding hydrogens is 314 g/mol. The van der Waals surface area contributed by atoms with Crippen molar-refractivity contribution in [3.8, 4) is 0 Å². The summed E-state index contributed by atoms with van der Waals surface area (Å²) in [6, 6.07) is 0. The van der Waals surface area contributed by atoms with Crippen LogP contribution in [0.5, 0.6) is 0 Å². The van der Waals surface area contributed by atoms with Crippen LogP contribution in [-0.4, -0.2) is 67.4 Å². The maximum Gasteiger partial charge on any atom is 0.151 e. The molecule has 0 saturated carbocycles. The van der Waals surface area contributed by atoms with Crippen LogP contribution < -0.4 is 5.73 Å². The van der Waals surface area contributed by atoms with Gasteiger partial charge in [-0.05, 0) is 17.9 Å². The number of aliphatic hydroxyl groups is 2. The van der Waals surface area contributed by atoms with Crippen molar-refractivity contribution >= 4 is 28.6 Å². The van der Waals surface area contributed by atoms with Crippen molar-refractivity contribution in [1.82, 2.24) is 19.9 Å². The number of hydrogen-bond acceptors (Lipinski definition) is 7. The van der Waals surface area contributed by atoms with Gasteiger partial charge >= 0.3 is 0 Å². The van der Waals surface area contributed by atoms with Crippen LogP contribution in [0.25, 0.3) is 11.0 Å². The molecule has 1 aliphatic rings. The molecule has 2 atom stereocenters. The number of aliphatic hydroxyl groups excluding tert-OH is 2. The molecule has 0 aliphatic carbocycles. The van der Waals surface area contributed by atoms with Crippen molar-refractivity contribution < 1.29 is 10.2 Å². The number of nitrogens with one attached hydrogen (secondary N) is 1. The van der Waals surface area contributed by atoms with Gasteiger partial charge in [0.2, 0.25) is 0 Å². The highest BCUT2D eigenvalue weighted by Crippen LogP contribution is 2.26. The average molecular weight is 337 g/mol. The van der Waals surface area contributed by atoms with Crippen molar-refractivity contribution in [3.63, 3.8) is 0 Å². The average Bonchev–Trinajstić information content (AvgIpc) is 3.09. The number of nitrogens with zero attached hydrogens (tertiary/aromatic N) is 3. The van der Waals surface area contributed by atoms with E-state index in [1.54, 1.807) is 11.8 Å². The van der Waals surface area contributed by atoms with Gasteiger partial charge in [0.05, 0.1) is 11.6 Å². The Bertz CT molecular complexity index is 650. The minimum absolute atomic E-state index is 0.234. The number of likely N-dealkylation sites (tertiary alicyclic amines) is 1. The maximum atomic E-state index is 10.2. The van der Waals surface area contributed by atoms with Crippen LogP contribution in [0.1, 0.15) is 12.0 Å². The van der Waals surface area contributed by atoms with Gasteiger partial charge in [0.15, 0.2) is 5.82 Å². The molecule has 1 fully saturated rings. The van der Waals surface area contributed by atoms with E-state index in [2.05, 4.69) is 19.9 Å². The molecule has 8 heteroatoms. The lowest BCUT2D eigenvalue weighted by molar-refractivity contribution is 0.149. The molecule has 2 aromatic rings. The van der Waals surface area contributed by atoms with E-state index in [1.165, 1.54) is 6.33 Å².